The van der Waals surface area contributed by atoms with Crippen LogP contribution in [-0.4, -0.2) is 15.0 Å². The Morgan fingerprint density at radius 3 is 2.32 bits per heavy atom. The van der Waals surface area contributed by atoms with Crippen molar-refractivity contribution in [3.05, 3.63) is 139 Å². The molecule has 0 bridgehead atoms. The van der Waals surface area contributed by atoms with Crippen molar-refractivity contribution < 1.29 is 0 Å². The van der Waals surface area contributed by atoms with Gasteiger partial charge in [0, 0.05) is 16.7 Å². The average Bonchev–Trinajstić information content (AvgIpc) is 2.97. The summed E-state index contributed by atoms with van der Waals surface area (Å²) in [6.07, 6.45) is 19.3. The van der Waals surface area contributed by atoms with Crippen LogP contribution < -0.4 is 0 Å². The van der Waals surface area contributed by atoms with Gasteiger partial charge in [0.05, 0.1) is 0 Å². The van der Waals surface area contributed by atoms with Crippen LogP contribution in [-0.2, 0) is 0 Å². The normalized spacial score (nSPS) is 14.1. The fourth-order valence-electron chi connectivity index (χ4n) is 4.14. The molecule has 1 aromatic heterocycles. The molecule has 184 valence electrons. The van der Waals surface area contributed by atoms with Crippen LogP contribution in [0.3, 0.4) is 0 Å². The standard InChI is InChI=1S/C34H33N3/c1-5-8-16-26(6-2)32-35-33(27(7-3)23-25(4)28-17-11-9-12-18-28)37-34(36-32)31-22-15-21-30(24-31)29-19-13-10-14-20-29/h6-11,13-17,19-24H,3-5,12,18H2,1-2H3/b16-8-,26-6+,27-23+. The van der Waals surface area contributed by atoms with Crippen molar-refractivity contribution in [2.45, 2.75) is 33.1 Å². The van der Waals surface area contributed by atoms with Crippen molar-refractivity contribution in [3.8, 4) is 22.5 Å². The molecular formula is C34H33N3. The maximum absolute atomic E-state index is 4.92. The van der Waals surface area contributed by atoms with Gasteiger partial charge in [0.25, 0.3) is 0 Å². The Labute approximate surface area is 220 Å². The third-order valence-corrected chi connectivity index (χ3v) is 6.20. The van der Waals surface area contributed by atoms with E-state index in [2.05, 4.69) is 74.7 Å². The summed E-state index contributed by atoms with van der Waals surface area (Å²) in [5, 5.41) is 0. The predicted octanol–water partition coefficient (Wildman–Crippen LogP) is 8.98. The topological polar surface area (TPSA) is 38.7 Å². The quantitative estimate of drug-likeness (QED) is 0.285. The van der Waals surface area contributed by atoms with Crippen molar-refractivity contribution in [3.63, 3.8) is 0 Å². The fraction of sp³-hybridized carbons (Fsp3) is 0.147. The molecule has 2 aromatic carbocycles. The van der Waals surface area contributed by atoms with E-state index in [-0.39, 0.29) is 0 Å². The molecule has 1 aliphatic rings. The first-order valence-electron chi connectivity index (χ1n) is 12.8. The molecule has 3 aromatic rings. The van der Waals surface area contributed by atoms with Gasteiger partial charge in [-0.1, -0.05) is 111 Å². The zero-order valence-electron chi connectivity index (χ0n) is 21.7. The van der Waals surface area contributed by atoms with E-state index >= 15 is 0 Å². The number of hydrogen-bond donors (Lipinski definition) is 0. The largest absolute Gasteiger partial charge is 0.208 e. The number of benzene rings is 2. The molecule has 0 fully saturated rings. The van der Waals surface area contributed by atoms with Gasteiger partial charge in [-0.05, 0) is 60.6 Å². The molecule has 0 amide bonds. The lowest BCUT2D eigenvalue weighted by atomic mass is 9.96. The minimum absolute atomic E-state index is 0.581. The molecule has 37 heavy (non-hydrogen) atoms. The summed E-state index contributed by atoms with van der Waals surface area (Å²) in [6, 6.07) is 18.7. The first kappa shape index (κ1) is 25.7. The number of rotatable bonds is 9. The van der Waals surface area contributed by atoms with E-state index in [0.29, 0.717) is 17.5 Å². The molecule has 4 rings (SSSR count). The number of aromatic nitrogens is 3. The molecule has 1 aliphatic carbocycles. The molecule has 0 N–H and O–H groups in total. The first-order valence-corrected chi connectivity index (χ1v) is 12.8. The Morgan fingerprint density at radius 2 is 1.65 bits per heavy atom. The van der Waals surface area contributed by atoms with Gasteiger partial charge >= 0.3 is 0 Å². The lowest BCUT2D eigenvalue weighted by Gasteiger charge is -2.12. The Morgan fingerprint density at radius 1 is 0.919 bits per heavy atom. The van der Waals surface area contributed by atoms with Gasteiger partial charge in [0.2, 0.25) is 0 Å². The average molecular weight is 484 g/mol. The Balaban J connectivity index is 1.84. The summed E-state index contributed by atoms with van der Waals surface area (Å²) >= 11 is 0. The van der Waals surface area contributed by atoms with Crippen LogP contribution in [0.25, 0.3) is 33.7 Å². The fourth-order valence-corrected chi connectivity index (χ4v) is 4.14. The highest BCUT2D eigenvalue weighted by molar-refractivity contribution is 5.77. The summed E-state index contributed by atoms with van der Waals surface area (Å²) in [5.41, 5.74) is 7.13. The molecular weight excluding hydrogens is 450 g/mol. The van der Waals surface area contributed by atoms with Crippen LogP contribution in [0.4, 0.5) is 0 Å². The van der Waals surface area contributed by atoms with Gasteiger partial charge in [-0.15, -0.1) is 0 Å². The third-order valence-electron chi connectivity index (χ3n) is 6.20. The van der Waals surface area contributed by atoms with Crippen molar-refractivity contribution in [2.75, 3.05) is 0 Å². The van der Waals surface area contributed by atoms with Crippen LogP contribution in [0, 0.1) is 0 Å². The van der Waals surface area contributed by atoms with Gasteiger partial charge in [0.15, 0.2) is 17.5 Å². The van der Waals surface area contributed by atoms with Crippen molar-refractivity contribution in [1.29, 1.82) is 0 Å². The van der Waals surface area contributed by atoms with Crippen LogP contribution >= 0.6 is 0 Å². The number of nitrogens with zero attached hydrogens (tertiary/aromatic N) is 3. The van der Waals surface area contributed by atoms with E-state index in [1.165, 1.54) is 5.57 Å². The summed E-state index contributed by atoms with van der Waals surface area (Å²) in [4.78, 5) is 14.7. The van der Waals surface area contributed by atoms with Gasteiger partial charge in [0.1, 0.15) is 0 Å². The molecule has 3 nitrogen and oxygen atoms in total. The van der Waals surface area contributed by atoms with Crippen molar-refractivity contribution in [2.24, 2.45) is 0 Å². The van der Waals surface area contributed by atoms with Gasteiger partial charge < -0.3 is 0 Å². The predicted molar refractivity (Wildman–Crippen MR) is 158 cm³/mol. The molecule has 1 heterocycles. The van der Waals surface area contributed by atoms with Crippen molar-refractivity contribution >= 4 is 11.1 Å². The smallest absolute Gasteiger partial charge is 0.164 e. The molecule has 0 radical (unpaired) electrons. The molecule has 0 saturated carbocycles. The maximum Gasteiger partial charge on any atom is 0.164 e. The SMILES string of the molecule is C=C/C(=C\C(=C)C1=CC=CCC1)c1nc(C(/C=C\CC)=C/C)nc(-c2cccc(-c3ccccc3)c2)n1. The summed E-state index contributed by atoms with van der Waals surface area (Å²) in [7, 11) is 0. The Hall–Kier alpha value is -4.37. The molecule has 0 unspecified atom stereocenters. The molecule has 0 spiro atoms. The lowest BCUT2D eigenvalue weighted by molar-refractivity contribution is 0.978. The Bertz CT molecular complexity index is 1430. The van der Waals surface area contributed by atoms with Gasteiger partial charge in [-0.3, -0.25) is 0 Å². The molecule has 0 aliphatic heterocycles. The van der Waals surface area contributed by atoms with E-state index in [1.54, 1.807) is 6.08 Å². The highest BCUT2D eigenvalue weighted by atomic mass is 15.0. The van der Waals surface area contributed by atoms with E-state index in [0.717, 1.165) is 52.7 Å². The van der Waals surface area contributed by atoms with E-state index < -0.39 is 0 Å². The second kappa shape index (κ2) is 12.5. The van der Waals surface area contributed by atoms with E-state index in [9.17, 15) is 0 Å². The second-order valence-corrected chi connectivity index (χ2v) is 8.80. The van der Waals surface area contributed by atoms with Crippen LogP contribution in [0.15, 0.2) is 128 Å². The monoisotopic (exact) mass is 483 g/mol. The van der Waals surface area contributed by atoms with Crippen LogP contribution in [0.2, 0.25) is 0 Å². The minimum Gasteiger partial charge on any atom is -0.208 e. The zero-order valence-corrected chi connectivity index (χ0v) is 21.7. The Kier molecular flexibility index (Phi) is 8.72. The third kappa shape index (κ3) is 6.45. The van der Waals surface area contributed by atoms with Crippen LogP contribution in [0.5, 0.6) is 0 Å². The minimum atomic E-state index is 0.581. The van der Waals surface area contributed by atoms with Gasteiger partial charge in [-0.2, -0.15) is 0 Å². The first-order chi connectivity index (χ1) is 18.1. The lowest BCUT2D eigenvalue weighted by Crippen LogP contribution is -2.04. The van der Waals surface area contributed by atoms with Crippen molar-refractivity contribution in [1.82, 2.24) is 15.0 Å². The van der Waals surface area contributed by atoms with Gasteiger partial charge in [-0.25, -0.2) is 15.0 Å². The summed E-state index contributed by atoms with van der Waals surface area (Å²) < 4.78 is 0. The second-order valence-electron chi connectivity index (χ2n) is 8.80. The van der Waals surface area contributed by atoms with Crippen LogP contribution in [0.1, 0.15) is 44.8 Å². The highest BCUT2D eigenvalue weighted by Crippen LogP contribution is 2.28. The summed E-state index contributed by atoms with van der Waals surface area (Å²) in [5.74, 6) is 1.84. The van der Waals surface area contributed by atoms with E-state index in [4.69, 9.17) is 15.0 Å². The zero-order chi connectivity index (χ0) is 26.0. The maximum atomic E-state index is 4.92. The number of allylic oxidation sites excluding steroid dienone is 12. The van der Waals surface area contributed by atoms with E-state index in [1.807, 2.05) is 49.4 Å². The highest BCUT2D eigenvalue weighted by Gasteiger charge is 2.14. The molecule has 3 heteroatoms. The summed E-state index contributed by atoms with van der Waals surface area (Å²) in [6.45, 7) is 12.5. The number of hydrogen-bond acceptors (Lipinski definition) is 3. The molecule has 0 atom stereocenters. The molecule has 0 saturated heterocycles.